The molecule has 0 aliphatic carbocycles. The van der Waals surface area contributed by atoms with Crippen molar-refractivity contribution in [1.82, 2.24) is 15.2 Å². The Kier molecular flexibility index (Phi) is 7.79. The molecule has 0 aliphatic heterocycles. The second-order valence-electron chi connectivity index (χ2n) is 7.63. The van der Waals surface area contributed by atoms with E-state index in [0.29, 0.717) is 18.1 Å². The molecule has 1 atom stereocenters. The minimum atomic E-state index is -0.756. The number of rotatable bonds is 8. The number of halogens is 1. The number of pyridine rings is 1. The summed E-state index contributed by atoms with van der Waals surface area (Å²) in [4.78, 5) is 32.3. The summed E-state index contributed by atoms with van der Waals surface area (Å²) in [6, 6.07) is 19.7. The minimum absolute atomic E-state index is 0.0946. The zero-order valence-corrected chi connectivity index (χ0v) is 18.4. The average molecular weight is 436 g/mol. The largest absolute Gasteiger partial charge is 0.350 e. The number of carbonyl (C=O) groups excluding carboxylic acids is 2. The van der Waals surface area contributed by atoms with Crippen molar-refractivity contribution in [2.45, 2.75) is 33.0 Å². The molecule has 160 valence electrons. The molecule has 3 aromatic rings. The molecule has 0 unspecified atom stereocenters. The van der Waals surface area contributed by atoms with Gasteiger partial charge in [0.1, 0.15) is 6.04 Å². The number of carbonyl (C=O) groups is 2. The van der Waals surface area contributed by atoms with Crippen LogP contribution in [-0.2, 0) is 22.7 Å². The monoisotopic (exact) mass is 435 g/mol. The van der Waals surface area contributed by atoms with Crippen molar-refractivity contribution in [2.75, 3.05) is 0 Å². The maximum atomic E-state index is 13.4. The van der Waals surface area contributed by atoms with Gasteiger partial charge in [0.05, 0.1) is 0 Å². The highest BCUT2D eigenvalue weighted by Crippen LogP contribution is 2.26. The first-order valence-electron chi connectivity index (χ1n) is 10.2. The van der Waals surface area contributed by atoms with E-state index < -0.39 is 6.04 Å². The molecule has 0 saturated heterocycles. The molecule has 2 amide bonds. The Hall–Kier alpha value is -3.18. The Morgan fingerprint density at radius 1 is 0.935 bits per heavy atom. The van der Waals surface area contributed by atoms with Gasteiger partial charge < -0.3 is 10.2 Å². The standard InChI is InChI=1S/C25H26ClN3O2/c1-18(2)25(31)29(17-20-8-10-22(26)11-9-20)23(21-6-4-3-5-7-21)24(30)28-16-19-12-14-27-15-13-19/h3-15,18,23H,16-17H2,1-2H3,(H,28,30)/t23-/m1/s1. The molecule has 1 aromatic heterocycles. The maximum absolute atomic E-state index is 13.4. The van der Waals surface area contributed by atoms with Crippen molar-refractivity contribution < 1.29 is 9.59 Å². The highest BCUT2D eigenvalue weighted by Gasteiger charge is 2.32. The second-order valence-corrected chi connectivity index (χ2v) is 8.07. The summed E-state index contributed by atoms with van der Waals surface area (Å²) >= 11 is 6.02. The Morgan fingerprint density at radius 3 is 2.19 bits per heavy atom. The van der Waals surface area contributed by atoms with Gasteiger partial charge in [-0.2, -0.15) is 0 Å². The van der Waals surface area contributed by atoms with Crippen molar-refractivity contribution in [2.24, 2.45) is 5.92 Å². The molecular formula is C25H26ClN3O2. The van der Waals surface area contributed by atoms with E-state index in [0.717, 1.165) is 16.7 Å². The quantitative estimate of drug-likeness (QED) is 0.554. The van der Waals surface area contributed by atoms with Crippen LogP contribution in [0.4, 0.5) is 0 Å². The fourth-order valence-electron chi connectivity index (χ4n) is 3.31. The number of hydrogen-bond donors (Lipinski definition) is 1. The van der Waals surface area contributed by atoms with Crippen LogP contribution < -0.4 is 5.32 Å². The minimum Gasteiger partial charge on any atom is -0.350 e. The zero-order valence-electron chi connectivity index (χ0n) is 17.7. The van der Waals surface area contributed by atoms with Crippen molar-refractivity contribution in [1.29, 1.82) is 0 Å². The van der Waals surface area contributed by atoms with Crippen LogP contribution in [0, 0.1) is 5.92 Å². The highest BCUT2D eigenvalue weighted by atomic mass is 35.5. The van der Waals surface area contributed by atoms with Crippen LogP contribution >= 0.6 is 11.6 Å². The fourth-order valence-corrected chi connectivity index (χ4v) is 3.44. The molecule has 2 aromatic carbocycles. The van der Waals surface area contributed by atoms with Crippen molar-refractivity contribution in [3.8, 4) is 0 Å². The van der Waals surface area contributed by atoms with E-state index in [4.69, 9.17) is 11.6 Å². The molecule has 0 aliphatic rings. The van der Waals surface area contributed by atoms with Crippen molar-refractivity contribution >= 4 is 23.4 Å². The average Bonchev–Trinajstić information content (AvgIpc) is 2.79. The van der Waals surface area contributed by atoms with Gasteiger partial charge in [-0.3, -0.25) is 14.6 Å². The van der Waals surface area contributed by atoms with Gasteiger partial charge in [0.25, 0.3) is 0 Å². The summed E-state index contributed by atoms with van der Waals surface area (Å²) in [6.07, 6.45) is 3.37. The smallest absolute Gasteiger partial charge is 0.247 e. The summed E-state index contributed by atoms with van der Waals surface area (Å²) in [7, 11) is 0. The van der Waals surface area contributed by atoms with E-state index >= 15 is 0 Å². The van der Waals surface area contributed by atoms with E-state index in [-0.39, 0.29) is 17.7 Å². The summed E-state index contributed by atoms with van der Waals surface area (Å²) in [6.45, 7) is 4.34. The van der Waals surface area contributed by atoms with Gasteiger partial charge in [0.2, 0.25) is 11.8 Å². The number of amides is 2. The highest BCUT2D eigenvalue weighted by molar-refractivity contribution is 6.30. The maximum Gasteiger partial charge on any atom is 0.247 e. The van der Waals surface area contributed by atoms with Crippen LogP contribution in [0.2, 0.25) is 5.02 Å². The molecule has 0 radical (unpaired) electrons. The van der Waals surface area contributed by atoms with Crippen LogP contribution in [0.25, 0.3) is 0 Å². The van der Waals surface area contributed by atoms with Gasteiger partial charge >= 0.3 is 0 Å². The lowest BCUT2D eigenvalue weighted by Gasteiger charge is -2.33. The predicted molar refractivity (Wildman–Crippen MR) is 122 cm³/mol. The molecule has 1 N–H and O–H groups in total. The van der Waals surface area contributed by atoms with E-state index in [2.05, 4.69) is 10.3 Å². The number of nitrogens with zero attached hydrogens (tertiary/aromatic N) is 2. The second kappa shape index (κ2) is 10.7. The topological polar surface area (TPSA) is 62.3 Å². The molecule has 3 rings (SSSR count). The lowest BCUT2D eigenvalue weighted by atomic mass is 10.0. The summed E-state index contributed by atoms with van der Waals surface area (Å²) in [5.74, 6) is -0.583. The van der Waals surface area contributed by atoms with Gasteiger partial charge in [-0.1, -0.05) is 67.9 Å². The van der Waals surface area contributed by atoms with Crippen LogP contribution in [0.5, 0.6) is 0 Å². The molecule has 0 fully saturated rings. The van der Waals surface area contributed by atoms with Gasteiger partial charge in [-0.05, 0) is 41.0 Å². The van der Waals surface area contributed by atoms with Gasteiger partial charge in [-0.15, -0.1) is 0 Å². The normalized spacial score (nSPS) is 11.7. The summed E-state index contributed by atoms with van der Waals surface area (Å²) in [5, 5.41) is 3.61. The van der Waals surface area contributed by atoms with Crippen molar-refractivity contribution in [3.05, 3.63) is 101 Å². The Bertz CT molecular complexity index is 992. The Labute approximate surface area is 188 Å². The lowest BCUT2D eigenvalue weighted by Crippen LogP contribution is -2.44. The van der Waals surface area contributed by atoms with E-state index in [1.807, 2.05) is 68.4 Å². The number of hydrogen-bond acceptors (Lipinski definition) is 3. The van der Waals surface area contributed by atoms with Crippen LogP contribution in [0.1, 0.15) is 36.6 Å². The predicted octanol–water partition coefficient (Wildman–Crippen LogP) is 4.78. The molecule has 6 heteroatoms. The van der Waals surface area contributed by atoms with E-state index in [9.17, 15) is 9.59 Å². The molecule has 0 spiro atoms. The number of nitrogens with one attached hydrogen (secondary N) is 1. The molecule has 0 bridgehead atoms. The van der Waals surface area contributed by atoms with E-state index in [1.165, 1.54) is 0 Å². The summed E-state index contributed by atoms with van der Waals surface area (Å²) < 4.78 is 0. The first kappa shape index (κ1) is 22.5. The summed E-state index contributed by atoms with van der Waals surface area (Å²) in [5.41, 5.74) is 2.61. The van der Waals surface area contributed by atoms with Gasteiger partial charge in [0, 0.05) is 36.4 Å². The number of benzene rings is 2. The zero-order chi connectivity index (χ0) is 22.2. The lowest BCUT2D eigenvalue weighted by molar-refractivity contribution is -0.144. The molecule has 1 heterocycles. The first-order chi connectivity index (χ1) is 15.0. The number of aromatic nitrogens is 1. The molecular weight excluding hydrogens is 410 g/mol. The fraction of sp³-hybridized carbons (Fsp3) is 0.240. The van der Waals surface area contributed by atoms with Crippen LogP contribution in [-0.4, -0.2) is 21.7 Å². The van der Waals surface area contributed by atoms with Gasteiger partial charge in [-0.25, -0.2) is 0 Å². The van der Waals surface area contributed by atoms with Crippen molar-refractivity contribution in [3.63, 3.8) is 0 Å². The molecule has 0 saturated carbocycles. The molecule has 31 heavy (non-hydrogen) atoms. The third kappa shape index (κ3) is 6.15. The van der Waals surface area contributed by atoms with Crippen LogP contribution in [0.3, 0.4) is 0 Å². The SMILES string of the molecule is CC(C)C(=O)N(Cc1ccc(Cl)cc1)[C@@H](C(=O)NCc1ccncc1)c1ccccc1. The van der Waals surface area contributed by atoms with Crippen LogP contribution in [0.15, 0.2) is 79.1 Å². The van der Waals surface area contributed by atoms with E-state index in [1.54, 1.807) is 29.4 Å². The molecule has 5 nitrogen and oxygen atoms in total. The van der Waals surface area contributed by atoms with Gasteiger partial charge in [0.15, 0.2) is 0 Å². The Morgan fingerprint density at radius 2 is 1.58 bits per heavy atom. The first-order valence-corrected chi connectivity index (χ1v) is 10.6. The Balaban J connectivity index is 1.93. The third-order valence-electron chi connectivity index (χ3n) is 4.93. The third-order valence-corrected chi connectivity index (χ3v) is 5.19.